The summed E-state index contributed by atoms with van der Waals surface area (Å²) in [5.41, 5.74) is 11.0. The predicted molar refractivity (Wildman–Crippen MR) is 119 cm³/mol. The van der Waals surface area contributed by atoms with Crippen LogP contribution in [0.2, 0.25) is 0 Å². The van der Waals surface area contributed by atoms with Crippen molar-refractivity contribution in [2.24, 2.45) is 5.73 Å². The third kappa shape index (κ3) is 3.73. The van der Waals surface area contributed by atoms with E-state index in [0.29, 0.717) is 34.0 Å². The number of fused-ring (bicyclic) bond motifs is 1. The minimum Gasteiger partial charge on any atom is -0.493 e. The molecule has 3 N–H and O–H groups in total. The number of benzene rings is 2. The molecule has 4 rings (SSSR count). The van der Waals surface area contributed by atoms with Gasteiger partial charge in [-0.05, 0) is 58.6 Å². The van der Waals surface area contributed by atoms with E-state index in [2.05, 4.69) is 32.2 Å². The van der Waals surface area contributed by atoms with Gasteiger partial charge in [-0.2, -0.15) is 5.26 Å². The van der Waals surface area contributed by atoms with E-state index in [1.54, 1.807) is 7.11 Å². The molecule has 0 amide bonds. The molecule has 0 aliphatic carbocycles. The molecule has 1 aromatic heterocycles. The lowest BCUT2D eigenvalue weighted by Gasteiger charge is -2.25. The molecule has 0 spiro atoms. The number of ether oxygens (including phenoxy) is 3. The van der Waals surface area contributed by atoms with Gasteiger partial charge in [-0.1, -0.05) is 24.3 Å². The van der Waals surface area contributed by atoms with Crippen LogP contribution in [0.3, 0.4) is 0 Å². The minimum absolute atomic E-state index is 0.0430. The molecule has 2 heterocycles. The highest BCUT2D eigenvalue weighted by molar-refractivity contribution is 9.10. The van der Waals surface area contributed by atoms with E-state index in [1.807, 2.05) is 50.2 Å². The fourth-order valence-corrected chi connectivity index (χ4v) is 4.27. The molecule has 1 aliphatic rings. The molecule has 0 saturated carbocycles. The molecule has 0 bridgehead atoms. The summed E-state index contributed by atoms with van der Waals surface area (Å²) in [6.07, 6.45) is 0. The van der Waals surface area contributed by atoms with Gasteiger partial charge < -0.3 is 19.9 Å². The lowest BCUT2D eigenvalue weighted by atomic mass is 9.84. The van der Waals surface area contributed by atoms with E-state index < -0.39 is 5.92 Å². The average Bonchev–Trinajstić information content (AvgIpc) is 3.12. The summed E-state index contributed by atoms with van der Waals surface area (Å²) in [5.74, 6) is 1.10. The molecule has 31 heavy (non-hydrogen) atoms. The number of hydrogen-bond donors (Lipinski definition) is 2. The van der Waals surface area contributed by atoms with Gasteiger partial charge in [0.25, 0.3) is 0 Å². The molecule has 8 heteroatoms. The van der Waals surface area contributed by atoms with Gasteiger partial charge in [-0.25, -0.2) is 0 Å². The Hall–Kier alpha value is -3.44. The molecule has 1 aliphatic heterocycles. The summed E-state index contributed by atoms with van der Waals surface area (Å²) in [4.78, 5) is 0. The summed E-state index contributed by atoms with van der Waals surface area (Å²) in [6.45, 7) is 4.33. The Labute approximate surface area is 188 Å². The zero-order chi connectivity index (χ0) is 22.1. The quantitative estimate of drug-likeness (QED) is 0.552. The summed E-state index contributed by atoms with van der Waals surface area (Å²) in [5, 5.41) is 16.8. The molecule has 1 atom stereocenters. The first kappa shape index (κ1) is 20.8. The van der Waals surface area contributed by atoms with Crippen LogP contribution in [0.25, 0.3) is 0 Å². The third-order valence-electron chi connectivity index (χ3n) is 5.35. The highest BCUT2D eigenvalue weighted by atomic mass is 79.9. The highest BCUT2D eigenvalue weighted by Crippen LogP contribution is 2.46. The predicted octanol–water partition coefficient (Wildman–Crippen LogP) is 4.59. The summed E-state index contributed by atoms with van der Waals surface area (Å²) in [6, 6.07) is 14.0. The zero-order valence-corrected chi connectivity index (χ0v) is 18.9. The molecule has 7 nitrogen and oxygen atoms in total. The van der Waals surface area contributed by atoms with Crippen molar-refractivity contribution in [1.82, 2.24) is 10.2 Å². The van der Waals surface area contributed by atoms with Gasteiger partial charge in [-0.3, -0.25) is 5.10 Å². The van der Waals surface area contributed by atoms with Crippen molar-refractivity contribution < 1.29 is 14.2 Å². The number of rotatable bonds is 5. The fourth-order valence-electron chi connectivity index (χ4n) is 3.70. The Morgan fingerprint density at radius 3 is 2.77 bits per heavy atom. The number of aromatic nitrogens is 2. The lowest BCUT2D eigenvalue weighted by molar-refractivity contribution is 0.281. The first-order valence-electron chi connectivity index (χ1n) is 9.61. The second kappa shape index (κ2) is 8.36. The van der Waals surface area contributed by atoms with Gasteiger partial charge in [0.15, 0.2) is 11.5 Å². The van der Waals surface area contributed by atoms with Crippen molar-refractivity contribution in [2.45, 2.75) is 26.4 Å². The van der Waals surface area contributed by atoms with E-state index in [1.165, 1.54) is 0 Å². The fraction of sp³-hybridized carbons (Fsp3) is 0.217. The van der Waals surface area contributed by atoms with Crippen molar-refractivity contribution in [3.8, 4) is 23.4 Å². The lowest BCUT2D eigenvalue weighted by Crippen LogP contribution is -2.21. The molecular weight excluding hydrogens is 460 g/mol. The molecule has 2 aromatic carbocycles. The van der Waals surface area contributed by atoms with E-state index in [4.69, 9.17) is 19.9 Å². The Bertz CT molecular complexity index is 1230. The molecule has 0 fully saturated rings. The Morgan fingerprint density at radius 2 is 2.06 bits per heavy atom. The number of H-pyrrole nitrogens is 1. The average molecular weight is 481 g/mol. The summed E-state index contributed by atoms with van der Waals surface area (Å²) in [7, 11) is 1.58. The van der Waals surface area contributed by atoms with Crippen molar-refractivity contribution >= 4 is 15.9 Å². The topological polar surface area (TPSA) is 106 Å². The molecule has 0 unspecified atom stereocenters. The van der Waals surface area contributed by atoms with Crippen LogP contribution in [0, 0.1) is 25.2 Å². The minimum atomic E-state index is -0.442. The van der Waals surface area contributed by atoms with Gasteiger partial charge in [0, 0.05) is 11.3 Å². The highest BCUT2D eigenvalue weighted by Gasteiger charge is 2.35. The number of nitriles is 1. The SMILES string of the molecule is COc1cc([C@@H]2C(C#N)=C(N)Oc3n[nH]c(C)c32)cc(Br)c1OCc1ccccc1C. The van der Waals surface area contributed by atoms with Gasteiger partial charge in [0.1, 0.15) is 18.2 Å². The monoisotopic (exact) mass is 480 g/mol. The molecule has 0 radical (unpaired) electrons. The van der Waals surface area contributed by atoms with Crippen LogP contribution in [0.5, 0.6) is 17.4 Å². The van der Waals surface area contributed by atoms with Gasteiger partial charge >= 0.3 is 0 Å². The summed E-state index contributed by atoms with van der Waals surface area (Å²) < 4.78 is 18.0. The third-order valence-corrected chi connectivity index (χ3v) is 5.94. The van der Waals surface area contributed by atoms with E-state index in [0.717, 1.165) is 27.9 Å². The smallest absolute Gasteiger partial charge is 0.244 e. The molecular formula is C23H21BrN4O3. The number of nitrogens with one attached hydrogen (secondary N) is 1. The second-order valence-corrected chi connectivity index (χ2v) is 8.10. The van der Waals surface area contributed by atoms with Gasteiger partial charge in [0.05, 0.1) is 17.5 Å². The number of allylic oxidation sites excluding steroid dienone is 1. The number of aryl methyl sites for hydroxylation is 2. The van der Waals surface area contributed by atoms with Gasteiger partial charge in [-0.15, -0.1) is 5.10 Å². The summed E-state index contributed by atoms with van der Waals surface area (Å²) >= 11 is 3.61. The van der Waals surface area contributed by atoms with Crippen LogP contribution in [0.1, 0.15) is 33.9 Å². The van der Waals surface area contributed by atoms with Crippen molar-refractivity contribution in [2.75, 3.05) is 7.11 Å². The van der Waals surface area contributed by atoms with Crippen LogP contribution in [0.15, 0.2) is 52.3 Å². The number of halogens is 1. The van der Waals surface area contributed by atoms with Crippen molar-refractivity contribution in [1.29, 1.82) is 5.26 Å². The molecule has 0 saturated heterocycles. The van der Waals surface area contributed by atoms with Gasteiger partial charge in [0.2, 0.25) is 11.8 Å². The van der Waals surface area contributed by atoms with Crippen LogP contribution in [-0.4, -0.2) is 17.3 Å². The Kier molecular flexibility index (Phi) is 5.61. The maximum absolute atomic E-state index is 9.77. The Balaban J connectivity index is 1.75. The standard InChI is InChI=1S/C23H21BrN4O3/c1-12-6-4-5-7-14(12)11-30-21-17(24)8-15(9-18(21)29-3)20-16(10-25)22(26)31-23-19(20)13(2)27-28-23/h4-9,20H,11,26H2,1-3H3,(H,27,28)/t20-/m1/s1. The first-order chi connectivity index (χ1) is 14.9. The Morgan fingerprint density at radius 1 is 1.29 bits per heavy atom. The maximum atomic E-state index is 9.77. The largest absolute Gasteiger partial charge is 0.493 e. The molecule has 158 valence electrons. The van der Waals surface area contributed by atoms with Crippen LogP contribution in [-0.2, 0) is 6.61 Å². The van der Waals surface area contributed by atoms with E-state index >= 15 is 0 Å². The second-order valence-electron chi connectivity index (χ2n) is 7.24. The maximum Gasteiger partial charge on any atom is 0.244 e. The normalized spacial score (nSPS) is 15.1. The van der Waals surface area contributed by atoms with E-state index in [9.17, 15) is 5.26 Å². The number of aromatic amines is 1. The number of hydrogen-bond acceptors (Lipinski definition) is 6. The molecule has 3 aromatic rings. The number of nitrogens with zero attached hydrogens (tertiary/aromatic N) is 2. The van der Waals surface area contributed by atoms with E-state index in [-0.39, 0.29) is 5.88 Å². The number of nitrogens with two attached hydrogens (primary N) is 1. The zero-order valence-electron chi connectivity index (χ0n) is 17.3. The van der Waals surface area contributed by atoms with Crippen LogP contribution in [0.4, 0.5) is 0 Å². The van der Waals surface area contributed by atoms with Crippen molar-refractivity contribution in [3.63, 3.8) is 0 Å². The first-order valence-corrected chi connectivity index (χ1v) is 10.4. The van der Waals surface area contributed by atoms with Crippen molar-refractivity contribution in [3.05, 3.63) is 80.3 Å². The number of methoxy groups -OCH3 is 1. The van der Waals surface area contributed by atoms with Crippen LogP contribution >= 0.6 is 15.9 Å². The van der Waals surface area contributed by atoms with Crippen LogP contribution < -0.4 is 19.9 Å².